The van der Waals surface area contributed by atoms with Crippen molar-refractivity contribution in [3.63, 3.8) is 0 Å². The first-order valence-corrected chi connectivity index (χ1v) is 7.07. The summed E-state index contributed by atoms with van der Waals surface area (Å²) in [6, 6.07) is 13.4. The van der Waals surface area contributed by atoms with Crippen molar-refractivity contribution in [2.24, 2.45) is 4.99 Å². The number of rotatable bonds is 2. The Morgan fingerprint density at radius 2 is 1.64 bits per heavy atom. The number of amides is 1. The molecule has 0 bridgehead atoms. The molecule has 0 spiro atoms. The van der Waals surface area contributed by atoms with Gasteiger partial charge in [0, 0.05) is 5.56 Å². The number of ether oxygens (including phenoxy) is 1. The van der Waals surface area contributed by atoms with E-state index in [1.807, 2.05) is 51.1 Å². The summed E-state index contributed by atoms with van der Waals surface area (Å²) >= 11 is 0. The van der Waals surface area contributed by atoms with Crippen molar-refractivity contribution in [1.82, 2.24) is 5.32 Å². The van der Waals surface area contributed by atoms with Gasteiger partial charge in [0.15, 0.2) is 0 Å². The zero-order valence-electron chi connectivity index (χ0n) is 13.3. The van der Waals surface area contributed by atoms with E-state index < -0.39 is 0 Å². The molecule has 0 aliphatic carbocycles. The van der Waals surface area contributed by atoms with Crippen LogP contribution >= 0.6 is 0 Å². The van der Waals surface area contributed by atoms with Crippen LogP contribution in [0.25, 0.3) is 0 Å². The summed E-state index contributed by atoms with van der Waals surface area (Å²) in [4.78, 5) is 16.5. The molecule has 2 aromatic rings. The Labute approximate surface area is 130 Å². The smallest absolute Gasteiger partial charge is 0.296 e. The zero-order valence-corrected chi connectivity index (χ0v) is 13.3. The number of benzene rings is 2. The van der Waals surface area contributed by atoms with Crippen LogP contribution in [0.1, 0.15) is 27.0 Å². The van der Waals surface area contributed by atoms with Crippen LogP contribution in [-0.4, -0.2) is 19.0 Å². The molecule has 0 unspecified atom stereocenters. The van der Waals surface area contributed by atoms with Gasteiger partial charge in [-0.3, -0.25) is 10.1 Å². The lowest BCUT2D eigenvalue weighted by molar-refractivity contribution is 0.0968. The maximum Gasteiger partial charge on any atom is 0.296 e. The van der Waals surface area contributed by atoms with Gasteiger partial charge in [-0.15, -0.1) is 0 Å². The maximum atomic E-state index is 12.2. The molecule has 0 saturated carbocycles. The summed E-state index contributed by atoms with van der Waals surface area (Å²) in [6.07, 6.45) is 0. The summed E-state index contributed by atoms with van der Waals surface area (Å²) in [7, 11) is 1.48. The van der Waals surface area contributed by atoms with Gasteiger partial charge in [0.25, 0.3) is 11.9 Å². The SMILES string of the molecule is COC(=Nc1ccc(C)cc1C)NC(=O)c1ccc(C)cc1. The Bertz CT molecular complexity index is 704. The molecular formula is C18H20N2O2. The van der Waals surface area contributed by atoms with E-state index in [1.165, 1.54) is 12.7 Å². The highest BCUT2D eigenvalue weighted by molar-refractivity contribution is 6.04. The minimum absolute atomic E-state index is 0.178. The fourth-order valence-electron chi connectivity index (χ4n) is 2.04. The Balaban J connectivity index is 2.19. The number of nitrogens with zero attached hydrogens (tertiary/aromatic N) is 1. The van der Waals surface area contributed by atoms with Crippen molar-refractivity contribution in [1.29, 1.82) is 0 Å². The molecule has 0 aromatic heterocycles. The second-order valence-electron chi connectivity index (χ2n) is 5.23. The Hall–Kier alpha value is -2.62. The molecule has 1 amide bonds. The lowest BCUT2D eigenvalue weighted by Crippen LogP contribution is -2.31. The van der Waals surface area contributed by atoms with Gasteiger partial charge in [-0.1, -0.05) is 35.4 Å². The summed E-state index contributed by atoms with van der Waals surface area (Å²) in [6.45, 7) is 5.97. The van der Waals surface area contributed by atoms with Gasteiger partial charge in [-0.25, -0.2) is 0 Å². The summed E-state index contributed by atoms with van der Waals surface area (Å²) in [5.41, 5.74) is 4.63. The maximum absolute atomic E-state index is 12.2. The topological polar surface area (TPSA) is 50.7 Å². The molecule has 0 atom stereocenters. The third kappa shape index (κ3) is 3.95. The van der Waals surface area contributed by atoms with Gasteiger partial charge in [0.05, 0.1) is 12.8 Å². The zero-order chi connectivity index (χ0) is 16.1. The molecule has 4 nitrogen and oxygen atoms in total. The molecule has 0 aliphatic heterocycles. The Kier molecular flexibility index (Phi) is 4.94. The van der Waals surface area contributed by atoms with Crippen molar-refractivity contribution >= 4 is 17.6 Å². The largest absolute Gasteiger partial charge is 0.468 e. The third-order valence-electron chi connectivity index (χ3n) is 3.30. The van der Waals surface area contributed by atoms with E-state index >= 15 is 0 Å². The van der Waals surface area contributed by atoms with Crippen molar-refractivity contribution in [2.45, 2.75) is 20.8 Å². The van der Waals surface area contributed by atoms with Crippen LogP contribution in [0, 0.1) is 20.8 Å². The van der Waals surface area contributed by atoms with E-state index in [-0.39, 0.29) is 11.9 Å². The number of nitrogens with one attached hydrogen (secondary N) is 1. The van der Waals surface area contributed by atoms with Crippen molar-refractivity contribution < 1.29 is 9.53 Å². The molecular weight excluding hydrogens is 276 g/mol. The molecule has 0 saturated heterocycles. The van der Waals surface area contributed by atoms with E-state index in [0.29, 0.717) is 5.56 Å². The molecule has 0 heterocycles. The predicted molar refractivity (Wildman–Crippen MR) is 88.7 cm³/mol. The first-order valence-electron chi connectivity index (χ1n) is 7.07. The molecule has 2 rings (SSSR count). The number of hydrogen-bond donors (Lipinski definition) is 1. The van der Waals surface area contributed by atoms with Crippen LogP contribution in [0.15, 0.2) is 47.5 Å². The number of carbonyl (C=O) groups excluding carboxylic acids is 1. The van der Waals surface area contributed by atoms with Gasteiger partial charge in [-0.05, 0) is 44.5 Å². The molecule has 22 heavy (non-hydrogen) atoms. The Morgan fingerprint density at radius 1 is 1.00 bits per heavy atom. The predicted octanol–water partition coefficient (Wildman–Crippen LogP) is 3.68. The van der Waals surface area contributed by atoms with Crippen LogP contribution in [0.4, 0.5) is 5.69 Å². The number of aliphatic imine (C=N–C) groups is 1. The second-order valence-corrected chi connectivity index (χ2v) is 5.23. The van der Waals surface area contributed by atoms with Crippen molar-refractivity contribution in [3.8, 4) is 0 Å². The highest BCUT2D eigenvalue weighted by atomic mass is 16.5. The van der Waals surface area contributed by atoms with E-state index in [2.05, 4.69) is 10.3 Å². The van der Waals surface area contributed by atoms with Crippen LogP contribution < -0.4 is 5.32 Å². The number of aryl methyl sites for hydroxylation is 3. The third-order valence-corrected chi connectivity index (χ3v) is 3.30. The average molecular weight is 296 g/mol. The second kappa shape index (κ2) is 6.89. The molecule has 0 aliphatic rings. The molecule has 2 aromatic carbocycles. The number of carbonyl (C=O) groups is 1. The molecule has 114 valence electrons. The lowest BCUT2D eigenvalue weighted by Gasteiger charge is -2.09. The van der Waals surface area contributed by atoms with Crippen LogP contribution in [0.5, 0.6) is 0 Å². The molecule has 1 N–H and O–H groups in total. The monoisotopic (exact) mass is 296 g/mol. The minimum Gasteiger partial charge on any atom is -0.468 e. The van der Waals surface area contributed by atoms with Crippen LogP contribution in [0.3, 0.4) is 0 Å². The highest BCUT2D eigenvalue weighted by Crippen LogP contribution is 2.19. The summed E-state index contributed by atoms with van der Waals surface area (Å²) in [5, 5.41) is 2.68. The van der Waals surface area contributed by atoms with Gasteiger partial charge < -0.3 is 4.74 Å². The standard InChI is InChI=1S/C18H20N2O2/c1-12-5-8-15(9-6-12)17(21)20-18(22-4)19-16-10-7-13(2)11-14(16)3/h5-11H,1-4H3,(H,19,20,21). The summed E-state index contributed by atoms with van der Waals surface area (Å²) in [5.74, 6) is -0.245. The fourth-order valence-corrected chi connectivity index (χ4v) is 2.04. The molecule has 0 fully saturated rings. The van der Waals surface area contributed by atoms with E-state index in [0.717, 1.165) is 16.8 Å². The van der Waals surface area contributed by atoms with Crippen molar-refractivity contribution in [2.75, 3.05) is 7.11 Å². The average Bonchev–Trinajstić information content (AvgIpc) is 2.49. The van der Waals surface area contributed by atoms with E-state index in [4.69, 9.17) is 4.74 Å². The number of hydrogen-bond acceptors (Lipinski definition) is 3. The van der Waals surface area contributed by atoms with Crippen molar-refractivity contribution in [3.05, 3.63) is 64.7 Å². The number of methoxy groups -OCH3 is 1. The number of amidine groups is 1. The lowest BCUT2D eigenvalue weighted by atomic mass is 10.1. The van der Waals surface area contributed by atoms with Gasteiger partial charge >= 0.3 is 0 Å². The quantitative estimate of drug-likeness (QED) is 0.679. The van der Waals surface area contributed by atoms with E-state index in [1.54, 1.807) is 12.1 Å². The first-order chi connectivity index (χ1) is 10.5. The van der Waals surface area contributed by atoms with Crippen LogP contribution in [0.2, 0.25) is 0 Å². The summed E-state index contributed by atoms with van der Waals surface area (Å²) < 4.78 is 5.17. The highest BCUT2D eigenvalue weighted by Gasteiger charge is 2.09. The van der Waals surface area contributed by atoms with E-state index in [9.17, 15) is 4.79 Å². The van der Waals surface area contributed by atoms with Gasteiger partial charge in [0.1, 0.15) is 0 Å². The van der Waals surface area contributed by atoms with Gasteiger partial charge in [0.2, 0.25) is 0 Å². The first kappa shape index (κ1) is 15.8. The van der Waals surface area contributed by atoms with Gasteiger partial charge in [-0.2, -0.15) is 4.99 Å². The fraction of sp³-hybridized carbons (Fsp3) is 0.222. The molecule has 4 heteroatoms. The minimum atomic E-state index is -0.245. The van der Waals surface area contributed by atoms with Crippen LogP contribution in [-0.2, 0) is 4.74 Å². The Morgan fingerprint density at radius 3 is 2.23 bits per heavy atom. The molecule has 0 radical (unpaired) electrons. The normalized spacial score (nSPS) is 11.2.